The van der Waals surface area contributed by atoms with E-state index in [4.69, 9.17) is 39.5 Å². The molecule has 0 aliphatic carbocycles. The van der Waals surface area contributed by atoms with Crippen molar-refractivity contribution in [1.82, 2.24) is 10.2 Å². The molecule has 0 saturated heterocycles. The summed E-state index contributed by atoms with van der Waals surface area (Å²) in [6.07, 6.45) is 0.165. The minimum Gasteiger partial charge on any atom is -0.497 e. The van der Waals surface area contributed by atoms with Gasteiger partial charge in [0.2, 0.25) is 11.8 Å². The number of anilines is 1. The molecule has 0 heterocycles. The van der Waals surface area contributed by atoms with Crippen LogP contribution in [0.5, 0.6) is 5.75 Å². The van der Waals surface area contributed by atoms with E-state index < -0.39 is 34.4 Å². The number of rotatable bonds is 13. The van der Waals surface area contributed by atoms with Gasteiger partial charge in [-0.1, -0.05) is 77.3 Å². The molecule has 4 rings (SSSR count). The van der Waals surface area contributed by atoms with Crippen LogP contribution in [0.1, 0.15) is 25.0 Å². The van der Waals surface area contributed by atoms with Gasteiger partial charge in [-0.05, 0) is 79.6 Å². The zero-order chi connectivity index (χ0) is 33.4. The van der Waals surface area contributed by atoms with Gasteiger partial charge in [0.05, 0.1) is 17.7 Å². The fourth-order valence-corrected chi connectivity index (χ4v) is 6.86. The smallest absolute Gasteiger partial charge is 0.264 e. The van der Waals surface area contributed by atoms with E-state index in [0.717, 1.165) is 9.87 Å². The van der Waals surface area contributed by atoms with Crippen molar-refractivity contribution in [1.29, 1.82) is 0 Å². The fraction of sp³-hybridized carbons (Fsp3) is 0.235. The highest BCUT2D eigenvalue weighted by atomic mass is 35.5. The Hall–Kier alpha value is -3.76. The van der Waals surface area contributed by atoms with Gasteiger partial charge in [0.1, 0.15) is 18.3 Å². The lowest BCUT2D eigenvalue weighted by Crippen LogP contribution is -2.54. The first-order valence-electron chi connectivity index (χ1n) is 14.4. The zero-order valence-corrected chi connectivity index (χ0v) is 28.6. The van der Waals surface area contributed by atoms with Crippen LogP contribution in [0.4, 0.5) is 5.69 Å². The van der Waals surface area contributed by atoms with Crippen molar-refractivity contribution < 1.29 is 22.7 Å². The molecular weight excluding hydrogens is 669 g/mol. The first-order valence-corrected chi connectivity index (χ1v) is 17.0. The van der Waals surface area contributed by atoms with E-state index >= 15 is 0 Å². The quantitative estimate of drug-likeness (QED) is 0.162. The summed E-state index contributed by atoms with van der Waals surface area (Å²) >= 11 is 19.0. The van der Waals surface area contributed by atoms with Crippen molar-refractivity contribution in [2.24, 2.45) is 0 Å². The fourth-order valence-electron chi connectivity index (χ4n) is 4.80. The third-order valence-electron chi connectivity index (χ3n) is 7.08. The molecule has 0 aliphatic heterocycles. The normalized spacial score (nSPS) is 12.0. The lowest BCUT2D eigenvalue weighted by atomic mass is 10.0. The van der Waals surface area contributed by atoms with E-state index in [0.29, 0.717) is 21.4 Å². The molecule has 0 aliphatic rings. The minimum atomic E-state index is -4.31. The SMILES string of the molecule is COc1ccc(S(=O)(=O)N(CC(=O)N(Cc2ccc(Cl)cc2Cl)C(Cc2ccccc2)C(=O)NC(C)C)c2cccc(Cl)c2)cc1. The predicted molar refractivity (Wildman–Crippen MR) is 183 cm³/mol. The average Bonchev–Trinajstić information content (AvgIpc) is 3.02. The third-order valence-corrected chi connectivity index (χ3v) is 9.69. The van der Waals surface area contributed by atoms with Crippen LogP contribution in [-0.4, -0.2) is 50.9 Å². The molecule has 0 aromatic heterocycles. The number of benzene rings is 4. The van der Waals surface area contributed by atoms with E-state index in [9.17, 15) is 18.0 Å². The molecule has 4 aromatic rings. The largest absolute Gasteiger partial charge is 0.497 e. The predicted octanol–water partition coefficient (Wildman–Crippen LogP) is 7.02. The number of carbonyl (C=O) groups excluding carboxylic acids is 2. The van der Waals surface area contributed by atoms with Gasteiger partial charge in [-0.25, -0.2) is 8.42 Å². The molecular formula is C34H34Cl3N3O5S. The van der Waals surface area contributed by atoms with Crippen molar-refractivity contribution >= 4 is 62.3 Å². The maximum absolute atomic E-state index is 14.5. The molecule has 0 spiro atoms. The molecule has 46 heavy (non-hydrogen) atoms. The van der Waals surface area contributed by atoms with Crippen LogP contribution in [-0.2, 0) is 32.6 Å². The highest BCUT2D eigenvalue weighted by Crippen LogP contribution is 2.29. The second kappa shape index (κ2) is 15.7. The van der Waals surface area contributed by atoms with Crippen LogP contribution in [0.15, 0.2) is 102 Å². The number of halogens is 3. The number of hydrogen-bond acceptors (Lipinski definition) is 5. The van der Waals surface area contributed by atoms with E-state index in [1.54, 1.807) is 36.4 Å². The molecule has 1 N–H and O–H groups in total. The summed E-state index contributed by atoms with van der Waals surface area (Å²) in [6.45, 7) is 2.91. The van der Waals surface area contributed by atoms with Crippen molar-refractivity contribution in [2.45, 2.75) is 43.8 Å². The van der Waals surface area contributed by atoms with Gasteiger partial charge in [-0.2, -0.15) is 0 Å². The minimum absolute atomic E-state index is 0.0632. The molecule has 1 atom stereocenters. The highest BCUT2D eigenvalue weighted by Gasteiger charge is 2.35. The molecule has 2 amide bonds. The third kappa shape index (κ3) is 8.94. The number of nitrogens with one attached hydrogen (secondary N) is 1. The molecule has 12 heteroatoms. The lowest BCUT2D eigenvalue weighted by molar-refractivity contribution is -0.140. The van der Waals surface area contributed by atoms with Crippen LogP contribution < -0.4 is 14.4 Å². The summed E-state index contributed by atoms with van der Waals surface area (Å²) in [6, 6.07) is 24.9. The first-order chi connectivity index (χ1) is 21.9. The Morgan fingerprint density at radius 3 is 2.13 bits per heavy atom. The standard InChI is InChI=1S/C34H34Cl3N3O5S/c1-23(2)38-34(42)32(18-24-8-5-4-6-9-24)39(21-25-12-13-27(36)20-31(25)37)33(41)22-40(28-11-7-10-26(35)19-28)46(43,44)30-16-14-29(45-3)15-17-30/h4-17,19-20,23,32H,18,21-22H2,1-3H3,(H,38,42). The van der Waals surface area contributed by atoms with Crippen LogP contribution in [0, 0.1) is 0 Å². The molecule has 0 radical (unpaired) electrons. The lowest BCUT2D eigenvalue weighted by Gasteiger charge is -2.34. The molecule has 8 nitrogen and oxygen atoms in total. The highest BCUT2D eigenvalue weighted by molar-refractivity contribution is 7.92. The van der Waals surface area contributed by atoms with E-state index in [-0.39, 0.29) is 34.6 Å². The zero-order valence-electron chi connectivity index (χ0n) is 25.5. The van der Waals surface area contributed by atoms with Gasteiger partial charge in [0, 0.05) is 34.1 Å². The van der Waals surface area contributed by atoms with Gasteiger partial charge in [0.25, 0.3) is 10.0 Å². The molecule has 0 saturated carbocycles. The second-order valence-electron chi connectivity index (χ2n) is 10.8. The Morgan fingerprint density at radius 2 is 1.52 bits per heavy atom. The Balaban J connectivity index is 1.82. The summed E-state index contributed by atoms with van der Waals surface area (Å²) in [5, 5.41) is 3.90. The molecule has 1 unspecified atom stereocenters. The molecule has 4 aromatic carbocycles. The van der Waals surface area contributed by atoms with Crippen molar-refractivity contribution in [3.8, 4) is 5.75 Å². The maximum atomic E-state index is 14.5. The summed E-state index contributed by atoms with van der Waals surface area (Å²) in [7, 11) is -2.83. The van der Waals surface area contributed by atoms with Crippen molar-refractivity contribution in [3.05, 3.63) is 123 Å². The summed E-state index contributed by atoms with van der Waals surface area (Å²) in [4.78, 5) is 29.6. The summed E-state index contributed by atoms with van der Waals surface area (Å²) in [5.74, 6) is -0.567. The number of hydrogen-bond donors (Lipinski definition) is 1. The molecule has 0 fully saturated rings. The number of ether oxygens (including phenoxy) is 1. The van der Waals surface area contributed by atoms with Gasteiger partial charge in [-0.3, -0.25) is 13.9 Å². The van der Waals surface area contributed by atoms with Gasteiger partial charge < -0.3 is 15.0 Å². The summed E-state index contributed by atoms with van der Waals surface area (Å²) in [5.41, 5.74) is 1.51. The van der Waals surface area contributed by atoms with E-state index in [1.807, 2.05) is 44.2 Å². The number of methoxy groups -OCH3 is 1. The van der Waals surface area contributed by atoms with Crippen molar-refractivity contribution in [3.63, 3.8) is 0 Å². The van der Waals surface area contributed by atoms with Gasteiger partial charge in [-0.15, -0.1) is 0 Å². The topological polar surface area (TPSA) is 96.0 Å². The monoisotopic (exact) mass is 701 g/mol. The molecule has 242 valence electrons. The van der Waals surface area contributed by atoms with Crippen LogP contribution in [0.3, 0.4) is 0 Å². The van der Waals surface area contributed by atoms with E-state index in [1.165, 1.54) is 42.3 Å². The maximum Gasteiger partial charge on any atom is 0.264 e. The first kappa shape index (κ1) is 35.1. The van der Waals surface area contributed by atoms with E-state index in [2.05, 4.69) is 5.32 Å². The number of nitrogens with zero attached hydrogens (tertiary/aromatic N) is 2. The Bertz CT molecular complexity index is 1770. The summed E-state index contributed by atoms with van der Waals surface area (Å²) < 4.78 is 34.5. The van der Waals surface area contributed by atoms with Crippen LogP contribution in [0.2, 0.25) is 15.1 Å². The number of sulfonamides is 1. The second-order valence-corrected chi connectivity index (χ2v) is 13.9. The Morgan fingerprint density at radius 1 is 0.848 bits per heavy atom. The van der Waals surface area contributed by atoms with Gasteiger partial charge >= 0.3 is 0 Å². The molecule has 0 bridgehead atoms. The van der Waals surface area contributed by atoms with Gasteiger partial charge in [0.15, 0.2) is 0 Å². The number of carbonyl (C=O) groups is 2. The Kier molecular flexibility index (Phi) is 12.0. The van der Waals surface area contributed by atoms with Crippen molar-refractivity contribution in [2.75, 3.05) is 18.0 Å². The van der Waals surface area contributed by atoms with Crippen LogP contribution >= 0.6 is 34.8 Å². The van der Waals surface area contributed by atoms with Crippen LogP contribution in [0.25, 0.3) is 0 Å². The Labute approximate surface area is 284 Å². The number of amides is 2. The average molecular weight is 703 g/mol.